The maximum atomic E-state index is 13.7. The van der Waals surface area contributed by atoms with Gasteiger partial charge in [0, 0.05) is 17.7 Å². The van der Waals surface area contributed by atoms with Crippen molar-refractivity contribution in [2.45, 2.75) is 68.3 Å². The van der Waals surface area contributed by atoms with Gasteiger partial charge in [0.05, 0.1) is 19.3 Å². The van der Waals surface area contributed by atoms with Crippen molar-refractivity contribution in [3.63, 3.8) is 0 Å². The third kappa shape index (κ3) is 6.42. The van der Waals surface area contributed by atoms with Crippen LogP contribution in [0.15, 0.2) is 39.5 Å². The normalized spacial score (nSPS) is 31.6. The predicted molar refractivity (Wildman–Crippen MR) is 151 cm³/mol. The summed E-state index contributed by atoms with van der Waals surface area (Å²) >= 11 is 0. The summed E-state index contributed by atoms with van der Waals surface area (Å²) in [6.07, 6.45) is -16.2. The first-order valence-corrected chi connectivity index (χ1v) is 14.1. The van der Waals surface area contributed by atoms with E-state index in [-0.39, 0.29) is 41.6 Å². The van der Waals surface area contributed by atoms with Gasteiger partial charge in [-0.1, -0.05) is 0 Å². The third-order valence-corrected chi connectivity index (χ3v) is 7.62. The zero-order valence-electron chi connectivity index (χ0n) is 24.1. The Kier molecular flexibility index (Phi) is 9.89. The molecule has 10 N–H and O–H groups in total. The van der Waals surface area contributed by atoms with E-state index >= 15 is 0 Å². The van der Waals surface area contributed by atoms with Gasteiger partial charge in [-0.25, -0.2) is 0 Å². The zero-order chi connectivity index (χ0) is 33.4. The quantitative estimate of drug-likeness (QED) is 0.119. The van der Waals surface area contributed by atoms with E-state index in [4.69, 9.17) is 33.2 Å². The fourth-order valence-electron chi connectivity index (χ4n) is 5.10. The lowest BCUT2D eigenvalue weighted by Crippen LogP contribution is -2.61. The van der Waals surface area contributed by atoms with Gasteiger partial charge in [0.2, 0.25) is 17.5 Å². The van der Waals surface area contributed by atoms with Crippen molar-refractivity contribution in [3.05, 3.63) is 40.6 Å². The van der Waals surface area contributed by atoms with Crippen LogP contribution in [0.2, 0.25) is 0 Å². The Hall–Kier alpha value is -3.75. The lowest BCUT2D eigenvalue weighted by molar-refractivity contribution is -0.318. The highest BCUT2D eigenvalue weighted by Gasteiger charge is 2.48. The molecule has 10 atom stereocenters. The van der Waals surface area contributed by atoms with E-state index in [1.54, 1.807) is 0 Å². The van der Waals surface area contributed by atoms with Crippen molar-refractivity contribution in [3.8, 4) is 40.1 Å². The molecule has 252 valence electrons. The summed E-state index contributed by atoms with van der Waals surface area (Å²) in [4.78, 5) is 13.7. The molecule has 2 fully saturated rings. The molecule has 46 heavy (non-hydrogen) atoms. The van der Waals surface area contributed by atoms with Crippen LogP contribution in [0.4, 0.5) is 0 Å². The maximum absolute atomic E-state index is 13.7. The predicted octanol–water partition coefficient (Wildman–Crippen LogP) is -2.02. The van der Waals surface area contributed by atoms with E-state index in [2.05, 4.69) is 0 Å². The molecule has 1 aromatic heterocycles. The number of hydrogen-bond acceptors (Lipinski definition) is 17. The summed E-state index contributed by atoms with van der Waals surface area (Å²) in [7, 11) is 0. The second kappa shape index (κ2) is 13.5. The monoisotopic (exact) mass is 654 g/mol. The van der Waals surface area contributed by atoms with Gasteiger partial charge >= 0.3 is 0 Å². The second-order valence-electron chi connectivity index (χ2n) is 10.8. The fraction of sp³-hybridized carbons (Fsp3) is 0.483. The van der Waals surface area contributed by atoms with Crippen LogP contribution < -0.4 is 14.9 Å². The van der Waals surface area contributed by atoms with Crippen molar-refractivity contribution in [1.82, 2.24) is 0 Å². The van der Waals surface area contributed by atoms with Crippen LogP contribution in [0.5, 0.6) is 28.7 Å². The van der Waals surface area contributed by atoms with Crippen LogP contribution in [0.1, 0.15) is 6.92 Å². The first-order chi connectivity index (χ1) is 21.8. The third-order valence-electron chi connectivity index (χ3n) is 7.62. The van der Waals surface area contributed by atoms with E-state index in [1.165, 1.54) is 25.1 Å². The first-order valence-electron chi connectivity index (χ1n) is 14.1. The number of hydrogen-bond donors (Lipinski definition) is 10. The molecule has 0 unspecified atom stereocenters. The highest BCUT2D eigenvalue weighted by Crippen LogP contribution is 2.40. The van der Waals surface area contributed by atoms with Crippen molar-refractivity contribution in [2.24, 2.45) is 0 Å². The second-order valence-corrected chi connectivity index (χ2v) is 10.8. The van der Waals surface area contributed by atoms with E-state index in [0.29, 0.717) is 0 Å². The van der Waals surface area contributed by atoms with Gasteiger partial charge in [0.25, 0.3) is 0 Å². The summed E-state index contributed by atoms with van der Waals surface area (Å²) in [6, 6.07) is 5.65. The highest BCUT2D eigenvalue weighted by atomic mass is 16.7. The number of benzene rings is 2. The van der Waals surface area contributed by atoms with Gasteiger partial charge in [0.15, 0.2) is 23.5 Å². The number of aliphatic hydroxyl groups excluding tert-OH is 7. The van der Waals surface area contributed by atoms with Crippen LogP contribution in [0.3, 0.4) is 0 Å². The molecule has 2 aliphatic heterocycles. The van der Waals surface area contributed by atoms with Gasteiger partial charge in [-0.2, -0.15) is 0 Å². The minimum absolute atomic E-state index is 0.0478. The molecule has 0 aliphatic carbocycles. The van der Waals surface area contributed by atoms with Gasteiger partial charge < -0.3 is 79.2 Å². The smallest absolute Gasteiger partial charge is 0.239 e. The molecule has 0 amide bonds. The number of aliphatic hydroxyl groups is 7. The molecule has 2 saturated heterocycles. The van der Waals surface area contributed by atoms with Gasteiger partial charge in [-0.15, -0.1) is 0 Å². The molecular weight excluding hydrogens is 620 g/mol. The molecule has 2 aliphatic rings. The number of fused-ring (bicyclic) bond motifs is 1. The molecule has 3 aromatic rings. The molecule has 2 aromatic carbocycles. The number of rotatable bonds is 9. The van der Waals surface area contributed by atoms with Crippen LogP contribution in [-0.2, 0) is 14.2 Å². The van der Waals surface area contributed by atoms with Crippen LogP contribution in [0, 0.1) is 0 Å². The van der Waals surface area contributed by atoms with Crippen LogP contribution >= 0.6 is 0 Å². The van der Waals surface area contributed by atoms with Gasteiger partial charge in [0.1, 0.15) is 71.8 Å². The Morgan fingerprint density at radius 3 is 2.22 bits per heavy atom. The molecule has 17 heteroatoms. The Bertz CT molecular complexity index is 1590. The molecule has 0 bridgehead atoms. The van der Waals surface area contributed by atoms with E-state index in [9.17, 15) is 50.8 Å². The van der Waals surface area contributed by atoms with Crippen molar-refractivity contribution < 1.29 is 79.2 Å². The molecule has 17 nitrogen and oxygen atoms in total. The van der Waals surface area contributed by atoms with Crippen LogP contribution in [0.25, 0.3) is 22.3 Å². The fourth-order valence-corrected chi connectivity index (χ4v) is 5.10. The Morgan fingerprint density at radius 1 is 0.804 bits per heavy atom. The average molecular weight is 655 g/mol. The zero-order valence-corrected chi connectivity index (χ0v) is 24.1. The summed E-state index contributed by atoms with van der Waals surface area (Å²) in [5.74, 6) is -2.61. The number of phenolic OH excluding ortho intramolecular Hbond substituents is 3. The van der Waals surface area contributed by atoms with Crippen molar-refractivity contribution in [2.75, 3.05) is 19.8 Å². The topological polar surface area (TPSA) is 279 Å². The minimum atomic E-state index is -1.97. The number of ether oxygens (including phenoxy) is 5. The molecule has 0 spiro atoms. The Labute approximate surface area is 259 Å². The van der Waals surface area contributed by atoms with E-state index in [0.717, 1.165) is 12.1 Å². The minimum Gasteiger partial charge on any atom is -0.508 e. The Balaban J connectivity index is 1.49. The number of aromatic hydroxyl groups is 3. The average Bonchev–Trinajstić information content (AvgIpc) is 3.02. The molecule has 0 saturated carbocycles. The summed E-state index contributed by atoms with van der Waals surface area (Å²) < 4.78 is 33.4. The largest absolute Gasteiger partial charge is 0.508 e. The molecule has 3 heterocycles. The Morgan fingerprint density at radius 2 is 1.50 bits per heavy atom. The molecule has 0 radical (unpaired) electrons. The summed E-state index contributed by atoms with van der Waals surface area (Å²) in [6.45, 7) is 0.237. The highest BCUT2D eigenvalue weighted by molar-refractivity contribution is 5.88. The maximum Gasteiger partial charge on any atom is 0.239 e. The standard InChI is InChI=1S/C29H34O17/c1-10-19(34)22(37)24(39)28(43-10)42-9-17-20(35)23(38)25(40)29(45-17)46-27-21(36)18-14(33)7-12(31)8-16(18)44-26(27)11-2-3-13(32)15(6-11)41-5-4-30/h2-3,6-8,10,17,19-20,22-25,28-35,37-40H,4-5,9H2,1H3/t10-,17+,19-,20+,22+,23-,24+,25+,28+,29-/m0/s1. The van der Waals surface area contributed by atoms with Crippen LogP contribution in [-0.4, -0.2) is 132 Å². The number of phenols is 3. The SMILES string of the molecule is C[C@@H]1O[C@@H](OC[C@H]2O[C@@H](Oc3c(-c4ccc(O)c(OCCO)c4)oc4cc(O)cc(O)c4c3=O)[C@H](O)[C@@H](O)[C@@H]2O)[C@H](O)[C@H](O)[C@H]1O. The van der Waals surface area contributed by atoms with Crippen molar-refractivity contribution >= 4 is 11.0 Å². The molecule has 5 rings (SSSR count). The first kappa shape index (κ1) is 33.6. The summed E-state index contributed by atoms with van der Waals surface area (Å²) in [5.41, 5.74) is -1.24. The van der Waals surface area contributed by atoms with Gasteiger partial charge in [-0.05, 0) is 25.1 Å². The summed E-state index contributed by atoms with van der Waals surface area (Å²) in [5, 5.41) is 102. The van der Waals surface area contributed by atoms with E-state index < -0.39 is 96.1 Å². The lowest BCUT2D eigenvalue weighted by atomic mass is 9.98. The molecular formula is C29H34O17. The van der Waals surface area contributed by atoms with Gasteiger partial charge in [-0.3, -0.25) is 4.79 Å². The van der Waals surface area contributed by atoms with Crippen molar-refractivity contribution in [1.29, 1.82) is 0 Å². The van der Waals surface area contributed by atoms with E-state index in [1.807, 2.05) is 0 Å². The lowest BCUT2D eigenvalue weighted by Gasteiger charge is -2.42.